The molecule has 15 heavy (non-hydrogen) atoms. The van der Waals surface area contributed by atoms with Crippen molar-refractivity contribution in [2.24, 2.45) is 0 Å². The van der Waals surface area contributed by atoms with Crippen LogP contribution in [0.3, 0.4) is 0 Å². The molecule has 2 rings (SSSR count). The first-order chi connectivity index (χ1) is 7.34. The van der Waals surface area contributed by atoms with Gasteiger partial charge in [0, 0.05) is 13.1 Å². The third-order valence-corrected chi connectivity index (χ3v) is 2.66. The molecule has 1 aliphatic heterocycles. The van der Waals surface area contributed by atoms with Gasteiger partial charge in [0.15, 0.2) is 0 Å². The largest absolute Gasteiger partial charge is 0.302 e. The van der Waals surface area contributed by atoms with Crippen LogP contribution >= 0.6 is 0 Å². The molecule has 0 amide bonds. The van der Waals surface area contributed by atoms with Crippen molar-refractivity contribution in [2.75, 3.05) is 20.1 Å². The van der Waals surface area contributed by atoms with Gasteiger partial charge in [0.2, 0.25) is 0 Å². The zero-order chi connectivity index (χ0) is 10.5. The van der Waals surface area contributed by atoms with Crippen LogP contribution in [0.25, 0.3) is 6.08 Å². The van der Waals surface area contributed by atoms with E-state index in [0.717, 1.165) is 6.54 Å². The van der Waals surface area contributed by atoms with Gasteiger partial charge in [-0.2, -0.15) is 0 Å². The maximum absolute atomic E-state index is 2.35. The first-order valence-corrected chi connectivity index (χ1v) is 5.45. The molecule has 0 saturated carbocycles. The Morgan fingerprint density at radius 2 is 1.93 bits per heavy atom. The van der Waals surface area contributed by atoms with E-state index in [2.05, 4.69) is 54.4 Å². The van der Waals surface area contributed by atoms with Crippen LogP contribution in [0.1, 0.15) is 12.0 Å². The summed E-state index contributed by atoms with van der Waals surface area (Å²) >= 11 is 0. The second-order valence-corrected chi connectivity index (χ2v) is 4.05. The summed E-state index contributed by atoms with van der Waals surface area (Å²) in [5.41, 5.74) is 2.69. The Balaban J connectivity index is 2.03. The van der Waals surface area contributed by atoms with Gasteiger partial charge in [0.25, 0.3) is 0 Å². The second-order valence-electron chi connectivity index (χ2n) is 4.05. The predicted molar refractivity (Wildman–Crippen MR) is 65.7 cm³/mol. The van der Waals surface area contributed by atoms with Gasteiger partial charge in [-0.15, -0.1) is 0 Å². The minimum Gasteiger partial charge on any atom is -0.302 e. The highest BCUT2D eigenvalue weighted by atomic mass is 15.1. The van der Waals surface area contributed by atoms with Gasteiger partial charge in [0.1, 0.15) is 0 Å². The molecule has 1 aromatic rings. The first-order valence-electron chi connectivity index (χ1n) is 5.45. The fourth-order valence-corrected chi connectivity index (χ4v) is 1.81. The van der Waals surface area contributed by atoms with Crippen LogP contribution in [0.4, 0.5) is 0 Å². The number of hydrogen-bond donors (Lipinski definition) is 0. The van der Waals surface area contributed by atoms with Crippen molar-refractivity contribution < 1.29 is 0 Å². The lowest BCUT2D eigenvalue weighted by Crippen LogP contribution is -2.24. The van der Waals surface area contributed by atoms with E-state index >= 15 is 0 Å². The summed E-state index contributed by atoms with van der Waals surface area (Å²) in [5.74, 6) is 0. The molecule has 0 bridgehead atoms. The summed E-state index contributed by atoms with van der Waals surface area (Å²) in [6.07, 6.45) is 7.92. The van der Waals surface area contributed by atoms with Crippen LogP contribution in [0.15, 0.2) is 48.1 Å². The van der Waals surface area contributed by atoms with E-state index in [-0.39, 0.29) is 0 Å². The molecule has 0 saturated heterocycles. The third-order valence-electron chi connectivity index (χ3n) is 2.66. The Morgan fingerprint density at radius 1 is 1.13 bits per heavy atom. The topological polar surface area (TPSA) is 3.24 Å². The van der Waals surface area contributed by atoms with E-state index in [0.29, 0.717) is 0 Å². The van der Waals surface area contributed by atoms with Crippen molar-refractivity contribution in [2.45, 2.75) is 6.42 Å². The lowest BCUT2D eigenvalue weighted by molar-refractivity contribution is 0.358. The zero-order valence-corrected chi connectivity index (χ0v) is 9.19. The molecule has 0 unspecified atom stereocenters. The van der Waals surface area contributed by atoms with Crippen molar-refractivity contribution in [3.63, 3.8) is 0 Å². The quantitative estimate of drug-likeness (QED) is 0.708. The molecule has 1 aliphatic rings. The molecule has 1 heterocycles. The maximum Gasteiger partial charge on any atom is 0.0227 e. The van der Waals surface area contributed by atoms with E-state index < -0.39 is 0 Å². The standard InChI is InChI=1S/C14H17N/c1-15-11-5-8-14(12-15)10-9-13-6-3-2-4-7-13/h2-4,6-10H,5,11-12H2,1H3/b10-9+. The van der Waals surface area contributed by atoms with E-state index in [9.17, 15) is 0 Å². The van der Waals surface area contributed by atoms with Crippen LogP contribution in [0, 0.1) is 0 Å². The third kappa shape index (κ3) is 3.07. The van der Waals surface area contributed by atoms with Gasteiger partial charge in [-0.05, 0) is 24.6 Å². The van der Waals surface area contributed by atoms with Gasteiger partial charge in [0.05, 0.1) is 0 Å². The van der Waals surface area contributed by atoms with E-state index in [1.54, 1.807) is 0 Å². The highest BCUT2D eigenvalue weighted by Gasteiger charge is 2.04. The SMILES string of the molecule is CN1CCC=C(/C=C/c2ccccc2)C1. The summed E-state index contributed by atoms with van der Waals surface area (Å²) in [6, 6.07) is 10.4. The lowest BCUT2D eigenvalue weighted by atomic mass is 10.1. The molecule has 0 atom stereocenters. The van der Waals surface area contributed by atoms with Crippen molar-refractivity contribution in [1.29, 1.82) is 0 Å². The Kier molecular flexibility index (Phi) is 3.36. The zero-order valence-electron chi connectivity index (χ0n) is 9.19. The molecule has 1 nitrogen and oxygen atoms in total. The average Bonchev–Trinajstić information content (AvgIpc) is 2.28. The molecule has 0 aliphatic carbocycles. The number of nitrogens with zero attached hydrogens (tertiary/aromatic N) is 1. The maximum atomic E-state index is 2.35. The highest BCUT2D eigenvalue weighted by molar-refractivity contribution is 5.52. The van der Waals surface area contributed by atoms with E-state index in [4.69, 9.17) is 0 Å². The van der Waals surface area contributed by atoms with Gasteiger partial charge in [-0.1, -0.05) is 48.6 Å². The van der Waals surface area contributed by atoms with Crippen LogP contribution in [-0.2, 0) is 0 Å². The van der Waals surface area contributed by atoms with Gasteiger partial charge < -0.3 is 4.90 Å². The smallest absolute Gasteiger partial charge is 0.0227 e. The van der Waals surface area contributed by atoms with Crippen molar-refractivity contribution in [1.82, 2.24) is 4.90 Å². The molecule has 1 heteroatoms. The predicted octanol–water partition coefficient (Wildman–Crippen LogP) is 2.96. The number of rotatable bonds is 2. The second kappa shape index (κ2) is 4.94. The summed E-state index contributed by atoms with van der Waals surface area (Å²) in [7, 11) is 2.17. The lowest BCUT2D eigenvalue weighted by Gasteiger charge is -2.20. The molecule has 0 radical (unpaired) electrons. The molecule has 1 aromatic carbocycles. The van der Waals surface area contributed by atoms with Crippen LogP contribution in [0.5, 0.6) is 0 Å². The molecule has 0 fully saturated rings. The Labute approximate surface area is 91.7 Å². The fourth-order valence-electron chi connectivity index (χ4n) is 1.81. The van der Waals surface area contributed by atoms with Crippen molar-refractivity contribution in [3.05, 3.63) is 53.6 Å². The number of likely N-dealkylation sites (N-methyl/N-ethyl adjacent to an activating group) is 1. The van der Waals surface area contributed by atoms with E-state index in [1.165, 1.54) is 24.1 Å². The summed E-state index contributed by atoms with van der Waals surface area (Å²) < 4.78 is 0. The van der Waals surface area contributed by atoms with Crippen LogP contribution in [-0.4, -0.2) is 25.0 Å². The van der Waals surface area contributed by atoms with Gasteiger partial charge in [-0.3, -0.25) is 0 Å². The molecule has 0 N–H and O–H groups in total. The first kappa shape index (κ1) is 10.2. The highest BCUT2D eigenvalue weighted by Crippen LogP contribution is 2.11. The Bertz CT molecular complexity index is 362. The molecule has 0 spiro atoms. The van der Waals surface area contributed by atoms with Crippen LogP contribution in [0.2, 0.25) is 0 Å². The fraction of sp³-hybridized carbons (Fsp3) is 0.286. The summed E-state index contributed by atoms with van der Waals surface area (Å²) in [6.45, 7) is 2.26. The molecule has 0 aromatic heterocycles. The number of hydrogen-bond acceptors (Lipinski definition) is 1. The Morgan fingerprint density at radius 3 is 2.67 bits per heavy atom. The van der Waals surface area contributed by atoms with Crippen molar-refractivity contribution >= 4 is 6.08 Å². The number of benzene rings is 1. The summed E-state index contributed by atoms with van der Waals surface area (Å²) in [4.78, 5) is 2.35. The minimum absolute atomic E-state index is 1.07. The molecule has 78 valence electrons. The van der Waals surface area contributed by atoms with E-state index in [1.807, 2.05) is 6.07 Å². The van der Waals surface area contributed by atoms with Gasteiger partial charge in [-0.25, -0.2) is 0 Å². The average molecular weight is 199 g/mol. The Hall–Kier alpha value is -1.34. The molecular formula is C14H17N. The summed E-state index contributed by atoms with van der Waals surface area (Å²) in [5, 5.41) is 0. The normalized spacial score (nSPS) is 18.1. The van der Waals surface area contributed by atoms with Crippen molar-refractivity contribution in [3.8, 4) is 0 Å². The van der Waals surface area contributed by atoms with Crippen LogP contribution < -0.4 is 0 Å². The van der Waals surface area contributed by atoms with Gasteiger partial charge >= 0.3 is 0 Å². The monoisotopic (exact) mass is 199 g/mol. The molecular weight excluding hydrogens is 182 g/mol. The minimum atomic E-state index is 1.07.